The topological polar surface area (TPSA) is 35.5 Å². The highest BCUT2D eigenvalue weighted by Crippen LogP contribution is 2.19. The van der Waals surface area contributed by atoms with Crippen LogP contribution >= 0.6 is 0 Å². The summed E-state index contributed by atoms with van der Waals surface area (Å²) in [6, 6.07) is 5.74. The molecule has 0 N–H and O–H groups in total. The smallest absolute Gasteiger partial charge is 0.293 e. The molecule has 0 saturated heterocycles. The molecule has 0 bridgehead atoms. The Kier molecular flexibility index (Phi) is 3.31. The van der Waals surface area contributed by atoms with E-state index in [9.17, 15) is 4.79 Å². The minimum atomic E-state index is 0.258. The Morgan fingerprint density at radius 3 is 2.85 bits per heavy atom. The molecule has 3 nitrogen and oxygen atoms in total. The maximum Gasteiger partial charge on any atom is 0.293 e. The predicted octanol–water partition coefficient (Wildman–Crippen LogP) is 1.68. The molecule has 0 aliphatic carbocycles. The van der Waals surface area contributed by atoms with E-state index in [0.29, 0.717) is 6.47 Å². The molecule has 0 fully saturated rings. The summed E-state index contributed by atoms with van der Waals surface area (Å²) in [5.74, 6) is 0.743. The monoisotopic (exact) mass is 180 g/mol. The van der Waals surface area contributed by atoms with Gasteiger partial charge in [0.2, 0.25) is 0 Å². The largest absolute Gasteiger partial charge is 0.496 e. The third-order valence-corrected chi connectivity index (χ3v) is 1.74. The second kappa shape index (κ2) is 4.50. The van der Waals surface area contributed by atoms with Crippen LogP contribution in [0.4, 0.5) is 0 Å². The highest BCUT2D eigenvalue weighted by atomic mass is 16.5. The van der Waals surface area contributed by atoms with E-state index in [-0.39, 0.29) is 6.61 Å². The molecule has 1 aromatic rings. The van der Waals surface area contributed by atoms with Crippen molar-refractivity contribution in [3.63, 3.8) is 0 Å². The van der Waals surface area contributed by atoms with E-state index in [0.717, 1.165) is 16.9 Å². The average Bonchev–Trinajstić information content (AvgIpc) is 2.15. The van der Waals surface area contributed by atoms with E-state index < -0.39 is 0 Å². The Morgan fingerprint density at radius 2 is 2.23 bits per heavy atom. The van der Waals surface area contributed by atoms with Gasteiger partial charge in [-0.05, 0) is 19.1 Å². The Bertz CT molecular complexity index is 294. The van der Waals surface area contributed by atoms with Gasteiger partial charge in [-0.1, -0.05) is 11.6 Å². The van der Waals surface area contributed by atoms with E-state index in [2.05, 4.69) is 4.74 Å². The molecule has 13 heavy (non-hydrogen) atoms. The second-order valence-electron chi connectivity index (χ2n) is 2.72. The van der Waals surface area contributed by atoms with E-state index in [1.54, 1.807) is 7.11 Å². The van der Waals surface area contributed by atoms with Gasteiger partial charge in [0, 0.05) is 5.56 Å². The Morgan fingerprint density at radius 1 is 1.46 bits per heavy atom. The summed E-state index contributed by atoms with van der Waals surface area (Å²) in [4.78, 5) is 10.00. The van der Waals surface area contributed by atoms with E-state index in [1.807, 2.05) is 25.1 Å². The van der Waals surface area contributed by atoms with Gasteiger partial charge in [0.1, 0.15) is 12.4 Å². The van der Waals surface area contributed by atoms with Crippen molar-refractivity contribution in [2.45, 2.75) is 13.5 Å². The third-order valence-electron chi connectivity index (χ3n) is 1.74. The van der Waals surface area contributed by atoms with Gasteiger partial charge in [0.05, 0.1) is 7.11 Å². The first-order valence-electron chi connectivity index (χ1n) is 3.96. The fourth-order valence-electron chi connectivity index (χ4n) is 1.14. The molecule has 70 valence electrons. The Labute approximate surface area is 77.3 Å². The van der Waals surface area contributed by atoms with Gasteiger partial charge < -0.3 is 9.47 Å². The molecule has 0 heterocycles. The zero-order valence-electron chi connectivity index (χ0n) is 7.74. The lowest BCUT2D eigenvalue weighted by atomic mass is 10.1. The van der Waals surface area contributed by atoms with Crippen molar-refractivity contribution in [3.8, 4) is 5.75 Å². The SMILES string of the molecule is COc1ccc(C)cc1COC=O. The van der Waals surface area contributed by atoms with Gasteiger partial charge in [-0.25, -0.2) is 0 Å². The number of aryl methyl sites for hydroxylation is 1. The summed E-state index contributed by atoms with van der Waals surface area (Å²) < 4.78 is 9.76. The summed E-state index contributed by atoms with van der Waals surface area (Å²) in [5, 5.41) is 0. The highest BCUT2D eigenvalue weighted by molar-refractivity contribution is 5.40. The van der Waals surface area contributed by atoms with Crippen LogP contribution in [-0.4, -0.2) is 13.6 Å². The van der Waals surface area contributed by atoms with Gasteiger partial charge >= 0.3 is 0 Å². The van der Waals surface area contributed by atoms with Crippen LogP contribution in [0, 0.1) is 6.92 Å². The quantitative estimate of drug-likeness (QED) is 0.661. The van der Waals surface area contributed by atoms with Crippen LogP contribution in [0.25, 0.3) is 0 Å². The van der Waals surface area contributed by atoms with Crippen LogP contribution in [-0.2, 0) is 16.1 Å². The van der Waals surface area contributed by atoms with Crippen LogP contribution in [0.15, 0.2) is 18.2 Å². The maximum absolute atomic E-state index is 10.00. The lowest BCUT2D eigenvalue weighted by molar-refractivity contribution is -0.129. The van der Waals surface area contributed by atoms with Crippen molar-refractivity contribution >= 4 is 6.47 Å². The summed E-state index contributed by atoms with van der Waals surface area (Å²) in [5.41, 5.74) is 2.00. The van der Waals surface area contributed by atoms with Crippen LogP contribution < -0.4 is 4.74 Å². The number of hydrogen-bond donors (Lipinski definition) is 0. The standard InChI is InChI=1S/C10H12O3/c1-8-3-4-10(12-2)9(5-8)6-13-7-11/h3-5,7H,6H2,1-2H3. The first-order chi connectivity index (χ1) is 6.27. The minimum Gasteiger partial charge on any atom is -0.496 e. The minimum absolute atomic E-state index is 0.258. The van der Waals surface area contributed by atoms with Crippen LogP contribution in [0.3, 0.4) is 0 Å². The highest BCUT2D eigenvalue weighted by Gasteiger charge is 2.02. The normalized spacial score (nSPS) is 9.38. The number of hydrogen-bond acceptors (Lipinski definition) is 3. The van der Waals surface area contributed by atoms with Crippen LogP contribution in [0.2, 0.25) is 0 Å². The molecule has 0 radical (unpaired) electrons. The van der Waals surface area contributed by atoms with Gasteiger partial charge in [-0.3, -0.25) is 4.79 Å². The van der Waals surface area contributed by atoms with Crippen LogP contribution in [0.5, 0.6) is 5.75 Å². The molecule has 0 atom stereocenters. The number of ether oxygens (including phenoxy) is 2. The van der Waals surface area contributed by atoms with Crippen molar-refractivity contribution in [3.05, 3.63) is 29.3 Å². The molecule has 0 spiro atoms. The van der Waals surface area contributed by atoms with Crippen LogP contribution in [0.1, 0.15) is 11.1 Å². The van der Waals surface area contributed by atoms with Crippen molar-refractivity contribution in [2.75, 3.05) is 7.11 Å². The molecule has 3 heteroatoms. The van der Waals surface area contributed by atoms with Gasteiger partial charge in [-0.2, -0.15) is 0 Å². The molecule has 0 unspecified atom stereocenters. The van der Waals surface area contributed by atoms with Gasteiger partial charge in [-0.15, -0.1) is 0 Å². The number of benzene rings is 1. The fraction of sp³-hybridized carbons (Fsp3) is 0.300. The van der Waals surface area contributed by atoms with E-state index >= 15 is 0 Å². The van der Waals surface area contributed by atoms with Crippen molar-refractivity contribution in [1.29, 1.82) is 0 Å². The molecule has 0 aliphatic rings. The molecule has 0 aromatic heterocycles. The maximum atomic E-state index is 10.00. The lowest BCUT2D eigenvalue weighted by Gasteiger charge is -2.07. The van der Waals surface area contributed by atoms with Crippen molar-refractivity contribution in [1.82, 2.24) is 0 Å². The first kappa shape index (κ1) is 9.58. The Hall–Kier alpha value is -1.51. The van der Waals surface area contributed by atoms with E-state index in [1.165, 1.54) is 0 Å². The third kappa shape index (κ3) is 2.47. The number of carbonyl (C=O) groups is 1. The Balaban J connectivity index is 2.87. The lowest BCUT2D eigenvalue weighted by Crippen LogP contribution is -1.95. The number of methoxy groups -OCH3 is 1. The molecular weight excluding hydrogens is 168 g/mol. The molecule has 0 saturated carbocycles. The van der Waals surface area contributed by atoms with E-state index in [4.69, 9.17) is 4.74 Å². The molecule has 1 rings (SSSR count). The summed E-state index contributed by atoms with van der Waals surface area (Å²) in [6.45, 7) is 2.67. The second-order valence-corrected chi connectivity index (χ2v) is 2.72. The average molecular weight is 180 g/mol. The molecule has 0 amide bonds. The summed E-state index contributed by atoms with van der Waals surface area (Å²) in [6.07, 6.45) is 0. The zero-order chi connectivity index (χ0) is 9.68. The first-order valence-corrected chi connectivity index (χ1v) is 3.96. The number of carbonyl (C=O) groups excluding carboxylic acids is 1. The summed E-state index contributed by atoms with van der Waals surface area (Å²) >= 11 is 0. The number of rotatable bonds is 4. The molecule has 0 aliphatic heterocycles. The molecular formula is C10H12O3. The van der Waals surface area contributed by atoms with Crippen molar-refractivity contribution < 1.29 is 14.3 Å². The van der Waals surface area contributed by atoms with Gasteiger partial charge in [0.25, 0.3) is 6.47 Å². The summed E-state index contributed by atoms with van der Waals surface area (Å²) in [7, 11) is 1.59. The van der Waals surface area contributed by atoms with Crippen molar-refractivity contribution in [2.24, 2.45) is 0 Å². The zero-order valence-corrected chi connectivity index (χ0v) is 7.74. The fourth-order valence-corrected chi connectivity index (χ4v) is 1.14. The van der Waals surface area contributed by atoms with Gasteiger partial charge in [0.15, 0.2) is 0 Å². The predicted molar refractivity (Wildman–Crippen MR) is 48.6 cm³/mol. The molecule has 1 aromatic carbocycles.